The van der Waals surface area contributed by atoms with Gasteiger partial charge in [-0.15, -0.1) is 0 Å². The Balaban J connectivity index is 1.95. The lowest BCUT2D eigenvalue weighted by atomic mass is 10.1. The molecule has 1 aromatic heterocycles. The Kier molecular flexibility index (Phi) is 6.44. The number of amides is 1. The van der Waals surface area contributed by atoms with Crippen molar-refractivity contribution in [1.29, 1.82) is 0 Å². The molecule has 0 bridgehead atoms. The van der Waals surface area contributed by atoms with Gasteiger partial charge in [0.25, 0.3) is 5.91 Å². The molecule has 0 spiro atoms. The molecule has 0 fully saturated rings. The highest BCUT2D eigenvalue weighted by Crippen LogP contribution is 2.33. The molecule has 0 aliphatic carbocycles. The Morgan fingerprint density at radius 2 is 2.04 bits per heavy atom. The van der Waals surface area contributed by atoms with E-state index in [0.717, 1.165) is 10.0 Å². The molecular weight excluding hydrogens is 382 g/mol. The SMILES string of the molecule is COc1cc(Br)c(CCNC(=O)C(O)c2ccsc2)cc1OC. The second-order valence-electron chi connectivity index (χ2n) is 4.80. The number of benzene rings is 1. The molecule has 0 saturated carbocycles. The summed E-state index contributed by atoms with van der Waals surface area (Å²) in [5.74, 6) is 0.871. The summed E-state index contributed by atoms with van der Waals surface area (Å²) in [6.07, 6.45) is -0.529. The molecular formula is C16H18BrNO4S. The Morgan fingerprint density at radius 1 is 1.35 bits per heavy atom. The number of carbonyl (C=O) groups excluding carboxylic acids is 1. The quantitative estimate of drug-likeness (QED) is 0.750. The molecule has 2 N–H and O–H groups in total. The van der Waals surface area contributed by atoms with Crippen LogP contribution >= 0.6 is 27.3 Å². The van der Waals surface area contributed by atoms with Gasteiger partial charge in [-0.3, -0.25) is 4.79 Å². The molecule has 124 valence electrons. The molecule has 0 radical (unpaired) electrons. The van der Waals surface area contributed by atoms with Crippen LogP contribution in [0.2, 0.25) is 0 Å². The van der Waals surface area contributed by atoms with Gasteiger partial charge in [-0.1, -0.05) is 15.9 Å². The summed E-state index contributed by atoms with van der Waals surface area (Å²) < 4.78 is 11.4. The summed E-state index contributed by atoms with van der Waals surface area (Å²) in [4.78, 5) is 11.9. The monoisotopic (exact) mass is 399 g/mol. The van der Waals surface area contributed by atoms with E-state index in [1.54, 1.807) is 25.7 Å². The zero-order chi connectivity index (χ0) is 16.8. The minimum absolute atomic E-state index is 0.403. The van der Waals surface area contributed by atoms with Crippen LogP contribution in [-0.2, 0) is 11.2 Å². The van der Waals surface area contributed by atoms with E-state index in [9.17, 15) is 9.90 Å². The van der Waals surface area contributed by atoms with Gasteiger partial charge in [0.1, 0.15) is 0 Å². The predicted molar refractivity (Wildman–Crippen MR) is 93.2 cm³/mol. The number of rotatable bonds is 7. The molecule has 2 aromatic rings. The number of methoxy groups -OCH3 is 2. The van der Waals surface area contributed by atoms with Crippen molar-refractivity contribution in [2.75, 3.05) is 20.8 Å². The maximum Gasteiger partial charge on any atom is 0.253 e. The number of thiophene rings is 1. The van der Waals surface area contributed by atoms with Crippen LogP contribution in [0.15, 0.2) is 33.4 Å². The number of halogens is 1. The van der Waals surface area contributed by atoms with Gasteiger partial charge in [0.05, 0.1) is 14.2 Å². The van der Waals surface area contributed by atoms with E-state index < -0.39 is 12.0 Å². The highest BCUT2D eigenvalue weighted by molar-refractivity contribution is 9.10. The van der Waals surface area contributed by atoms with Crippen molar-refractivity contribution >= 4 is 33.2 Å². The molecule has 1 aromatic carbocycles. The molecule has 23 heavy (non-hydrogen) atoms. The average Bonchev–Trinajstić information content (AvgIpc) is 3.09. The minimum atomic E-state index is -1.13. The molecule has 0 aliphatic heterocycles. The summed E-state index contributed by atoms with van der Waals surface area (Å²) in [5.41, 5.74) is 1.59. The molecule has 5 nitrogen and oxygen atoms in total. The third kappa shape index (κ3) is 4.46. The molecule has 1 atom stereocenters. The first kappa shape index (κ1) is 17.8. The van der Waals surface area contributed by atoms with Crippen LogP contribution in [0, 0.1) is 0 Å². The van der Waals surface area contributed by atoms with Crippen molar-refractivity contribution < 1.29 is 19.4 Å². The fourth-order valence-electron chi connectivity index (χ4n) is 2.09. The summed E-state index contributed by atoms with van der Waals surface area (Å²) in [6, 6.07) is 5.43. The van der Waals surface area contributed by atoms with Crippen LogP contribution < -0.4 is 14.8 Å². The first-order valence-electron chi connectivity index (χ1n) is 6.95. The number of hydrogen-bond acceptors (Lipinski definition) is 5. The van der Waals surface area contributed by atoms with Crippen molar-refractivity contribution in [1.82, 2.24) is 5.32 Å². The van der Waals surface area contributed by atoms with E-state index >= 15 is 0 Å². The first-order valence-corrected chi connectivity index (χ1v) is 8.68. The van der Waals surface area contributed by atoms with Gasteiger partial charge in [0.2, 0.25) is 0 Å². The van der Waals surface area contributed by atoms with Gasteiger partial charge in [-0.05, 0) is 40.9 Å². The number of carbonyl (C=O) groups is 1. The Hall–Kier alpha value is -1.57. The van der Waals surface area contributed by atoms with Crippen LogP contribution in [-0.4, -0.2) is 31.8 Å². The van der Waals surface area contributed by atoms with Crippen LogP contribution in [0.3, 0.4) is 0 Å². The number of aliphatic hydroxyl groups is 1. The van der Waals surface area contributed by atoms with Gasteiger partial charge in [-0.2, -0.15) is 11.3 Å². The third-order valence-corrected chi connectivity index (χ3v) is 4.79. The standard InChI is InChI=1S/C16H18BrNO4S/c1-21-13-7-10(12(17)8-14(13)22-2)3-5-18-16(20)15(19)11-4-6-23-9-11/h4,6-9,15,19H,3,5H2,1-2H3,(H,18,20). The fraction of sp³-hybridized carbons (Fsp3) is 0.312. The lowest BCUT2D eigenvalue weighted by Crippen LogP contribution is -2.30. The van der Waals surface area contributed by atoms with E-state index in [-0.39, 0.29) is 0 Å². The molecule has 0 saturated heterocycles. The Bertz CT molecular complexity index is 660. The fourth-order valence-corrected chi connectivity index (χ4v) is 3.29. The summed E-state index contributed by atoms with van der Waals surface area (Å²) in [5, 5.41) is 16.2. The van der Waals surface area contributed by atoms with Gasteiger partial charge in [0.15, 0.2) is 17.6 Å². The highest BCUT2D eigenvalue weighted by atomic mass is 79.9. The lowest BCUT2D eigenvalue weighted by molar-refractivity contribution is -0.129. The molecule has 1 unspecified atom stereocenters. The maximum absolute atomic E-state index is 11.9. The summed E-state index contributed by atoms with van der Waals surface area (Å²) in [6.45, 7) is 0.411. The van der Waals surface area contributed by atoms with Crippen molar-refractivity contribution in [2.45, 2.75) is 12.5 Å². The first-order chi connectivity index (χ1) is 11.1. The highest BCUT2D eigenvalue weighted by Gasteiger charge is 2.17. The number of nitrogens with one attached hydrogen (secondary N) is 1. The summed E-state index contributed by atoms with van der Waals surface area (Å²) >= 11 is 4.93. The zero-order valence-corrected chi connectivity index (χ0v) is 15.2. The molecule has 1 amide bonds. The van der Waals surface area contributed by atoms with Crippen molar-refractivity contribution in [3.8, 4) is 11.5 Å². The summed E-state index contributed by atoms with van der Waals surface area (Å²) in [7, 11) is 3.16. The smallest absolute Gasteiger partial charge is 0.253 e. The lowest BCUT2D eigenvalue weighted by Gasteiger charge is -2.13. The van der Waals surface area contributed by atoms with Gasteiger partial charge in [-0.25, -0.2) is 0 Å². The van der Waals surface area contributed by atoms with Crippen LogP contribution in [0.5, 0.6) is 11.5 Å². The Morgan fingerprint density at radius 3 is 2.65 bits per heavy atom. The van der Waals surface area contributed by atoms with Crippen molar-refractivity contribution in [3.63, 3.8) is 0 Å². The third-order valence-electron chi connectivity index (χ3n) is 3.35. The second-order valence-corrected chi connectivity index (χ2v) is 6.43. The van der Waals surface area contributed by atoms with E-state index in [4.69, 9.17) is 9.47 Å². The van der Waals surface area contributed by atoms with E-state index in [0.29, 0.717) is 30.0 Å². The normalized spacial score (nSPS) is 11.8. The van der Waals surface area contributed by atoms with Crippen LogP contribution in [0.4, 0.5) is 0 Å². The van der Waals surface area contributed by atoms with Crippen LogP contribution in [0.25, 0.3) is 0 Å². The van der Waals surface area contributed by atoms with Gasteiger partial charge < -0.3 is 19.9 Å². The van der Waals surface area contributed by atoms with E-state index in [2.05, 4.69) is 21.2 Å². The topological polar surface area (TPSA) is 67.8 Å². The zero-order valence-electron chi connectivity index (χ0n) is 12.8. The Labute approximate surface area is 147 Å². The molecule has 2 rings (SSSR count). The predicted octanol–water partition coefficient (Wildman–Crippen LogP) is 2.92. The number of ether oxygens (including phenoxy) is 2. The number of aliphatic hydroxyl groups excluding tert-OH is 1. The molecule has 0 aliphatic rings. The second kappa shape index (κ2) is 8.33. The van der Waals surface area contributed by atoms with Gasteiger partial charge in [0, 0.05) is 16.6 Å². The minimum Gasteiger partial charge on any atom is -0.493 e. The van der Waals surface area contributed by atoms with Crippen molar-refractivity contribution in [3.05, 3.63) is 44.6 Å². The van der Waals surface area contributed by atoms with Crippen molar-refractivity contribution in [2.24, 2.45) is 0 Å². The van der Waals surface area contributed by atoms with E-state index in [1.165, 1.54) is 11.3 Å². The van der Waals surface area contributed by atoms with E-state index in [1.807, 2.05) is 17.5 Å². The largest absolute Gasteiger partial charge is 0.493 e. The average molecular weight is 400 g/mol. The van der Waals surface area contributed by atoms with Crippen LogP contribution in [0.1, 0.15) is 17.2 Å². The molecule has 7 heteroatoms. The molecule has 1 heterocycles. The van der Waals surface area contributed by atoms with Gasteiger partial charge >= 0.3 is 0 Å². The number of hydrogen-bond donors (Lipinski definition) is 2. The maximum atomic E-state index is 11.9.